The van der Waals surface area contributed by atoms with Crippen molar-refractivity contribution < 1.29 is 19.1 Å². The Morgan fingerprint density at radius 2 is 2.04 bits per heavy atom. The smallest absolute Gasteiger partial charge is 0.353 e. The van der Waals surface area contributed by atoms with Gasteiger partial charge in [0.1, 0.15) is 16.4 Å². The number of rotatable bonds is 3. The van der Waals surface area contributed by atoms with Gasteiger partial charge in [0.25, 0.3) is 0 Å². The van der Waals surface area contributed by atoms with Gasteiger partial charge in [0, 0.05) is 17.0 Å². The number of ether oxygens (including phenoxy) is 2. The second-order valence-corrected chi connectivity index (χ2v) is 7.33. The summed E-state index contributed by atoms with van der Waals surface area (Å²) in [5.41, 5.74) is 1.56. The first-order valence-electron chi connectivity index (χ1n) is 7.50. The summed E-state index contributed by atoms with van der Waals surface area (Å²) in [7, 11) is 0. The van der Waals surface area contributed by atoms with Crippen molar-refractivity contribution in [2.24, 2.45) is 0 Å². The molecule has 0 saturated carbocycles. The highest BCUT2D eigenvalue weighted by molar-refractivity contribution is 7.12. The molecular formula is C19H12O4S2. The van der Waals surface area contributed by atoms with E-state index < -0.39 is 5.97 Å². The van der Waals surface area contributed by atoms with Crippen molar-refractivity contribution in [2.45, 2.75) is 6.92 Å². The highest BCUT2D eigenvalue weighted by Gasteiger charge is 2.28. The maximum absolute atomic E-state index is 12.5. The molecule has 0 bridgehead atoms. The number of benzene rings is 1. The summed E-state index contributed by atoms with van der Waals surface area (Å²) >= 11 is 2.86. The lowest BCUT2D eigenvalue weighted by molar-refractivity contribution is 0.0739. The Bertz CT molecular complexity index is 996. The predicted molar refractivity (Wildman–Crippen MR) is 97.7 cm³/mol. The van der Waals surface area contributed by atoms with Crippen LogP contribution in [-0.2, 0) is 0 Å². The average Bonchev–Trinajstić information content (AvgIpc) is 3.31. The van der Waals surface area contributed by atoms with E-state index in [2.05, 4.69) is 0 Å². The van der Waals surface area contributed by atoms with Crippen LogP contribution >= 0.6 is 22.7 Å². The molecule has 2 aromatic heterocycles. The maximum atomic E-state index is 12.5. The molecule has 1 aliphatic rings. The van der Waals surface area contributed by atoms with Crippen molar-refractivity contribution in [1.82, 2.24) is 0 Å². The zero-order chi connectivity index (χ0) is 17.4. The van der Waals surface area contributed by atoms with E-state index in [0.29, 0.717) is 21.9 Å². The van der Waals surface area contributed by atoms with Gasteiger partial charge < -0.3 is 9.47 Å². The van der Waals surface area contributed by atoms with Crippen molar-refractivity contribution in [1.29, 1.82) is 0 Å². The molecule has 124 valence electrons. The zero-order valence-corrected chi connectivity index (χ0v) is 14.8. The molecule has 0 fully saturated rings. The standard InChI is InChI=1S/C19H12O4S2/c1-11-6-8-25-17(11)10-15-18(20)13-5-4-12(9-14(13)23-15)22-19(21)16-3-2-7-24-16/h2-10H,1H3/b15-10-. The third-order valence-corrected chi connectivity index (χ3v) is 5.55. The minimum Gasteiger partial charge on any atom is -0.452 e. The van der Waals surface area contributed by atoms with Gasteiger partial charge in [-0.25, -0.2) is 4.79 Å². The third-order valence-electron chi connectivity index (χ3n) is 3.74. The fraction of sp³-hybridized carbons (Fsp3) is 0.0526. The molecule has 4 nitrogen and oxygen atoms in total. The van der Waals surface area contributed by atoms with Crippen LogP contribution in [-0.4, -0.2) is 11.8 Å². The summed E-state index contributed by atoms with van der Waals surface area (Å²) in [6, 6.07) is 10.3. The van der Waals surface area contributed by atoms with Crippen LogP contribution in [0.4, 0.5) is 0 Å². The number of Topliss-reactive ketones (excluding diaryl/α,β-unsaturated/α-hetero) is 1. The van der Waals surface area contributed by atoms with Crippen molar-refractivity contribution in [3.8, 4) is 11.5 Å². The van der Waals surface area contributed by atoms with Gasteiger partial charge in [0.15, 0.2) is 5.76 Å². The molecule has 3 heterocycles. The maximum Gasteiger partial charge on any atom is 0.353 e. The summed E-state index contributed by atoms with van der Waals surface area (Å²) in [5.74, 6) is 0.436. The third kappa shape index (κ3) is 3.01. The Morgan fingerprint density at radius 1 is 1.16 bits per heavy atom. The van der Waals surface area contributed by atoms with Crippen LogP contribution in [0.3, 0.4) is 0 Å². The highest BCUT2D eigenvalue weighted by atomic mass is 32.1. The zero-order valence-electron chi connectivity index (χ0n) is 13.1. The number of aryl methyl sites for hydroxylation is 1. The van der Waals surface area contributed by atoms with Gasteiger partial charge in [0.05, 0.1) is 5.56 Å². The number of esters is 1. The van der Waals surface area contributed by atoms with Crippen LogP contribution in [0.25, 0.3) is 6.08 Å². The Kier molecular flexibility index (Phi) is 3.99. The minimum atomic E-state index is -0.427. The van der Waals surface area contributed by atoms with Gasteiger partial charge >= 0.3 is 5.97 Å². The monoisotopic (exact) mass is 368 g/mol. The quantitative estimate of drug-likeness (QED) is 0.373. The lowest BCUT2D eigenvalue weighted by Gasteiger charge is -2.04. The van der Waals surface area contributed by atoms with Gasteiger partial charge in [-0.1, -0.05) is 6.07 Å². The fourth-order valence-electron chi connectivity index (χ4n) is 2.43. The van der Waals surface area contributed by atoms with E-state index in [9.17, 15) is 9.59 Å². The summed E-state index contributed by atoms with van der Waals surface area (Å²) in [5, 5.41) is 3.78. The summed E-state index contributed by atoms with van der Waals surface area (Å²) < 4.78 is 11.0. The SMILES string of the molecule is Cc1ccsc1/C=C1\Oc2cc(OC(=O)c3cccs3)ccc2C1=O. The second-order valence-electron chi connectivity index (χ2n) is 5.43. The number of fused-ring (bicyclic) bond motifs is 1. The van der Waals surface area contributed by atoms with Crippen LogP contribution in [0.2, 0.25) is 0 Å². The number of hydrogen-bond donors (Lipinski definition) is 0. The van der Waals surface area contributed by atoms with Gasteiger partial charge in [0.2, 0.25) is 5.78 Å². The van der Waals surface area contributed by atoms with E-state index in [1.165, 1.54) is 11.3 Å². The van der Waals surface area contributed by atoms with Gasteiger partial charge in [-0.05, 0) is 47.5 Å². The van der Waals surface area contributed by atoms with E-state index in [4.69, 9.17) is 9.47 Å². The van der Waals surface area contributed by atoms with Crippen LogP contribution in [0.1, 0.15) is 30.5 Å². The molecule has 0 aliphatic carbocycles. The van der Waals surface area contributed by atoms with Crippen LogP contribution in [0.5, 0.6) is 11.5 Å². The molecule has 0 saturated heterocycles. The molecular weight excluding hydrogens is 356 g/mol. The van der Waals surface area contributed by atoms with E-state index in [1.54, 1.807) is 47.7 Å². The van der Waals surface area contributed by atoms with Crippen molar-refractivity contribution >= 4 is 40.5 Å². The molecule has 1 aliphatic heterocycles. The van der Waals surface area contributed by atoms with Crippen LogP contribution < -0.4 is 9.47 Å². The molecule has 4 rings (SSSR count). The van der Waals surface area contributed by atoms with E-state index in [-0.39, 0.29) is 11.5 Å². The molecule has 0 unspecified atom stereocenters. The lowest BCUT2D eigenvalue weighted by Crippen LogP contribution is -2.06. The minimum absolute atomic E-state index is 0.168. The van der Waals surface area contributed by atoms with Crippen molar-refractivity contribution in [3.05, 3.63) is 73.8 Å². The number of carbonyl (C=O) groups excluding carboxylic acids is 2. The highest BCUT2D eigenvalue weighted by Crippen LogP contribution is 2.35. The Hall–Kier alpha value is -2.70. The largest absolute Gasteiger partial charge is 0.452 e. The normalized spacial score (nSPS) is 14.4. The van der Waals surface area contributed by atoms with Crippen LogP contribution in [0, 0.1) is 6.92 Å². The van der Waals surface area contributed by atoms with Gasteiger partial charge in [-0.3, -0.25) is 4.79 Å². The first-order chi connectivity index (χ1) is 12.1. The number of thiophene rings is 2. The number of ketones is 1. The molecule has 3 aromatic rings. The summed E-state index contributed by atoms with van der Waals surface area (Å²) in [4.78, 5) is 26.0. The van der Waals surface area contributed by atoms with Crippen molar-refractivity contribution in [2.75, 3.05) is 0 Å². The summed E-state index contributed by atoms with van der Waals surface area (Å²) in [6.07, 6.45) is 1.75. The molecule has 0 N–H and O–H groups in total. The second kappa shape index (κ2) is 6.31. The van der Waals surface area contributed by atoms with E-state index in [1.807, 2.05) is 23.8 Å². The number of carbonyl (C=O) groups is 2. The fourth-order valence-corrected chi connectivity index (χ4v) is 3.88. The molecule has 0 atom stereocenters. The number of hydrogen-bond acceptors (Lipinski definition) is 6. The molecule has 0 radical (unpaired) electrons. The molecule has 1 aromatic carbocycles. The topological polar surface area (TPSA) is 52.6 Å². The first-order valence-corrected chi connectivity index (χ1v) is 9.26. The van der Waals surface area contributed by atoms with E-state index >= 15 is 0 Å². The predicted octanol–water partition coefficient (Wildman–Crippen LogP) is 4.95. The van der Waals surface area contributed by atoms with Crippen molar-refractivity contribution in [3.63, 3.8) is 0 Å². The first kappa shape index (κ1) is 15.8. The number of allylic oxidation sites excluding steroid dienone is 1. The molecule has 25 heavy (non-hydrogen) atoms. The van der Waals surface area contributed by atoms with Crippen LogP contribution in [0.15, 0.2) is 52.9 Å². The Balaban J connectivity index is 1.58. The average molecular weight is 368 g/mol. The lowest BCUT2D eigenvalue weighted by atomic mass is 10.1. The summed E-state index contributed by atoms with van der Waals surface area (Å²) in [6.45, 7) is 1.98. The molecule has 0 spiro atoms. The van der Waals surface area contributed by atoms with Gasteiger partial charge in [-0.15, -0.1) is 22.7 Å². The van der Waals surface area contributed by atoms with Gasteiger partial charge in [-0.2, -0.15) is 0 Å². The Morgan fingerprint density at radius 3 is 2.76 bits per heavy atom. The molecule has 6 heteroatoms. The Labute approximate surface area is 152 Å². The molecule has 0 amide bonds. The van der Waals surface area contributed by atoms with E-state index in [0.717, 1.165) is 10.4 Å².